The van der Waals surface area contributed by atoms with Gasteiger partial charge in [0.05, 0.1) is 5.69 Å². The molecule has 0 aliphatic heterocycles. The lowest BCUT2D eigenvalue weighted by atomic mass is 10.2. The van der Waals surface area contributed by atoms with Gasteiger partial charge < -0.3 is 5.32 Å². The second-order valence-corrected chi connectivity index (χ2v) is 5.58. The lowest BCUT2D eigenvalue weighted by molar-refractivity contribution is 0.630. The zero-order chi connectivity index (χ0) is 13.4. The largest absolute Gasteiger partial charge is 0.337 e. The molecule has 1 heterocycles. The Morgan fingerprint density at radius 3 is 2.79 bits per heavy atom. The minimum absolute atomic E-state index is 0.275. The van der Waals surface area contributed by atoms with Gasteiger partial charge in [0.25, 0.3) is 0 Å². The average Bonchev–Trinajstić information content (AvgIpc) is 3.17. The maximum Gasteiger partial charge on any atom is 0.146 e. The third-order valence-electron chi connectivity index (χ3n) is 3.13. The van der Waals surface area contributed by atoms with E-state index in [4.69, 9.17) is 0 Å². The number of rotatable bonds is 3. The van der Waals surface area contributed by atoms with Gasteiger partial charge in [-0.05, 0) is 47.3 Å². The Kier molecular flexibility index (Phi) is 3.22. The van der Waals surface area contributed by atoms with E-state index in [2.05, 4.69) is 31.2 Å². The van der Waals surface area contributed by atoms with Crippen molar-refractivity contribution in [1.82, 2.24) is 9.97 Å². The minimum atomic E-state index is -0.275. The number of nitrogens with one attached hydrogen (secondary N) is 1. The molecule has 5 heteroatoms. The molecule has 0 amide bonds. The highest BCUT2D eigenvalue weighted by Gasteiger charge is 2.27. The lowest BCUT2D eigenvalue weighted by Gasteiger charge is -2.11. The van der Waals surface area contributed by atoms with E-state index in [-0.39, 0.29) is 5.82 Å². The van der Waals surface area contributed by atoms with Gasteiger partial charge in [-0.15, -0.1) is 0 Å². The molecule has 1 N–H and O–H groups in total. The van der Waals surface area contributed by atoms with Crippen LogP contribution >= 0.6 is 15.9 Å². The first-order valence-electron chi connectivity index (χ1n) is 6.20. The van der Waals surface area contributed by atoms with E-state index in [0.29, 0.717) is 17.4 Å². The van der Waals surface area contributed by atoms with Gasteiger partial charge in [-0.3, -0.25) is 0 Å². The van der Waals surface area contributed by atoms with E-state index in [1.165, 1.54) is 6.07 Å². The number of benzene rings is 1. The lowest BCUT2D eigenvalue weighted by Crippen LogP contribution is -2.02. The van der Waals surface area contributed by atoms with E-state index in [1.807, 2.05) is 13.0 Å². The van der Waals surface area contributed by atoms with Gasteiger partial charge in [0, 0.05) is 12.0 Å². The normalized spacial score (nSPS) is 14.5. The average molecular weight is 322 g/mol. The summed E-state index contributed by atoms with van der Waals surface area (Å²) in [5.41, 5.74) is 1.32. The molecular weight excluding hydrogens is 309 g/mol. The van der Waals surface area contributed by atoms with E-state index in [1.54, 1.807) is 12.1 Å². The van der Waals surface area contributed by atoms with Crippen LogP contribution in [-0.4, -0.2) is 9.97 Å². The molecule has 1 aromatic heterocycles. The molecule has 19 heavy (non-hydrogen) atoms. The van der Waals surface area contributed by atoms with Crippen LogP contribution in [0.3, 0.4) is 0 Å². The zero-order valence-corrected chi connectivity index (χ0v) is 12.0. The van der Waals surface area contributed by atoms with Crippen molar-refractivity contribution in [3.63, 3.8) is 0 Å². The fraction of sp³-hybridized carbons (Fsp3) is 0.286. The van der Waals surface area contributed by atoms with Crippen LogP contribution in [0.1, 0.15) is 30.1 Å². The molecule has 2 aromatic rings. The van der Waals surface area contributed by atoms with E-state index in [9.17, 15) is 4.39 Å². The summed E-state index contributed by atoms with van der Waals surface area (Å²) in [5.74, 6) is 1.63. The monoisotopic (exact) mass is 321 g/mol. The molecular formula is C14H13BrFN3. The molecule has 98 valence electrons. The minimum Gasteiger partial charge on any atom is -0.337 e. The molecule has 0 spiro atoms. The highest BCUT2D eigenvalue weighted by atomic mass is 79.9. The van der Waals surface area contributed by atoms with Crippen molar-refractivity contribution in [3.8, 4) is 0 Å². The van der Waals surface area contributed by atoms with Crippen molar-refractivity contribution >= 4 is 27.4 Å². The first-order chi connectivity index (χ1) is 9.13. The number of aromatic nitrogens is 2. The van der Waals surface area contributed by atoms with E-state index < -0.39 is 0 Å². The molecule has 1 aromatic carbocycles. The summed E-state index contributed by atoms with van der Waals surface area (Å²) in [5, 5.41) is 3.05. The van der Waals surface area contributed by atoms with Crippen LogP contribution in [0.5, 0.6) is 0 Å². The number of halogens is 2. The van der Waals surface area contributed by atoms with Crippen molar-refractivity contribution in [2.75, 3.05) is 5.32 Å². The summed E-state index contributed by atoms with van der Waals surface area (Å²) in [7, 11) is 0. The molecule has 0 bridgehead atoms. The quantitative estimate of drug-likeness (QED) is 0.856. The SMILES string of the molecule is Cc1cccc(F)c1Nc1cc(Br)nc(C2CC2)n1. The third kappa shape index (κ3) is 2.76. The van der Waals surface area contributed by atoms with Gasteiger partial charge >= 0.3 is 0 Å². The van der Waals surface area contributed by atoms with Crippen LogP contribution in [0.25, 0.3) is 0 Å². The standard InChI is InChI=1S/C14H13BrFN3/c1-8-3-2-4-10(16)13(8)18-12-7-11(15)17-14(19-12)9-5-6-9/h2-4,7,9H,5-6H2,1H3,(H,17,18,19). The number of para-hydroxylation sites is 1. The predicted molar refractivity (Wildman–Crippen MR) is 76.1 cm³/mol. The zero-order valence-electron chi connectivity index (χ0n) is 10.5. The van der Waals surface area contributed by atoms with Crippen molar-refractivity contribution in [2.24, 2.45) is 0 Å². The molecule has 0 atom stereocenters. The summed E-state index contributed by atoms with van der Waals surface area (Å²) in [6, 6.07) is 6.76. The highest BCUT2D eigenvalue weighted by molar-refractivity contribution is 9.10. The maximum absolute atomic E-state index is 13.8. The van der Waals surface area contributed by atoms with Crippen LogP contribution in [-0.2, 0) is 0 Å². The molecule has 0 saturated heterocycles. The second kappa shape index (κ2) is 4.89. The Morgan fingerprint density at radius 2 is 2.11 bits per heavy atom. The first-order valence-corrected chi connectivity index (χ1v) is 6.99. The topological polar surface area (TPSA) is 37.8 Å². The Bertz CT molecular complexity index is 606. The first kappa shape index (κ1) is 12.5. The van der Waals surface area contributed by atoms with Gasteiger partial charge in [-0.25, -0.2) is 14.4 Å². The summed E-state index contributed by atoms with van der Waals surface area (Å²) in [6.45, 7) is 1.86. The van der Waals surface area contributed by atoms with Gasteiger partial charge in [0.2, 0.25) is 0 Å². The summed E-state index contributed by atoms with van der Waals surface area (Å²) < 4.78 is 14.5. The summed E-state index contributed by atoms with van der Waals surface area (Å²) >= 11 is 3.37. The van der Waals surface area contributed by atoms with Gasteiger partial charge in [0.1, 0.15) is 22.1 Å². The molecule has 1 saturated carbocycles. The number of hydrogen-bond donors (Lipinski definition) is 1. The molecule has 1 aliphatic carbocycles. The molecule has 3 rings (SSSR count). The third-order valence-corrected chi connectivity index (χ3v) is 3.54. The fourth-order valence-corrected chi connectivity index (χ4v) is 2.34. The van der Waals surface area contributed by atoms with Crippen molar-refractivity contribution in [1.29, 1.82) is 0 Å². The number of anilines is 2. The summed E-state index contributed by atoms with van der Waals surface area (Å²) in [4.78, 5) is 8.81. The smallest absolute Gasteiger partial charge is 0.146 e. The maximum atomic E-state index is 13.8. The number of aryl methyl sites for hydroxylation is 1. The van der Waals surface area contributed by atoms with Crippen LogP contribution in [0.4, 0.5) is 15.9 Å². The Balaban J connectivity index is 1.94. The van der Waals surface area contributed by atoms with E-state index in [0.717, 1.165) is 28.8 Å². The Labute approximate surface area is 119 Å². The van der Waals surface area contributed by atoms with Crippen molar-refractivity contribution in [2.45, 2.75) is 25.7 Å². The van der Waals surface area contributed by atoms with Crippen LogP contribution < -0.4 is 5.32 Å². The molecule has 1 aliphatic rings. The number of hydrogen-bond acceptors (Lipinski definition) is 3. The molecule has 0 radical (unpaired) electrons. The van der Waals surface area contributed by atoms with Gasteiger partial charge in [0.15, 0.2) is 0 Å². The van der Waals surface area contributed by atoms with Crippen LogP contribution in [0.2, 0.25) is 0 Å². The van der Waals surface area contributed by atoms with E-state index >= 15 is 0 Å². The van der Waals surface area contributed by atoms with Crippen molar-refractivity contribution in [3.05, 3.63) is 46.1 Å². The number of nitrogens with zero attached hydrogens (tertiary/aromatic N) is 2. The highest BCUT2D eigenvalue weighted by Crippen LogP contribution is 2.39. The molecule has 1 fully saturated rings. The molecule has 3 nitrogen and oxygen atoms in total. The molecule has 0 unspecified atom stereocenters. The van der Waals surface area contributed by atoms with Crippen LogP contribution in [0, 0.1) is 12.7 Å². The summed E-state index contributed by atoms with van der Waals surface area (Å²) in [6.07, 6.45) is 2.27. The van der Waals surface area contributed by atoms with Crippen LogP contribution in [0.15, 0.2) is 28.9 Å². The predicted octanol–water partition coefficient (Wildman–Crippen LogP) is 4.31. The van der Waals surface area contributed by atoms with Crippen molar-refractivity contribution < 1.29 is 4.39 Å². The Morgan fingerprint density at radius 1 is 1.32 bits per heavy atom. The van der Waals surface area contributed by atoms with Gasteiger partial charge in [-0.1, -0.05) is 12.1 Å². The Hall–Kier alpha value is -1.49. The second-order valence-electron chi connectivity index (χ2n) is 4.77. The van der Waals surface area contributed by atoms with Gasteiger partial charge in [-0.2, -0.15) is 0 Å². The fourth-order valence-electron chi connectivity index (χ4n) is 1.94.